The van der Waals surface area contributed by atoms with Crippen molar-refractivity contribution in [1.29, 1.82) is 0 Å². The van der Waals surface area contributed by atoms with Crippen molar-refractivity contribution in [1.82, 2.24) is 0 Å². The molecule has 0 bridgehead atoms. The summed E-state index contributed by atoms with van der Waals surface area (Å²) >= 11 is 2.00. The summed E-state index contributed by atoms with van der Waals surface area (Å²) in [6.07, 6.45) is 11.3. The van der Waals surface area contributed by atoms with E-state index in [9.17, 15) is 0 Å². The Kier molecular flexibility index (Phi) is 9.11. The van der Waals surface area contributed by atoms with Crippen molar-refractivity contribution in [2.75, 3.05) is 5.75 Å². The summed E-state index contributed by atoms with van der Waals surface area (Å²) in [5.74, 6) is 1.28. The topological polar surface area (TPSA) is 0 Å². The summed E-state index contributed by atoms with van der Waals surface area (Å²) in [6, 6.07) is 8.89. The van der Waals surface area contributed by atoms with Crippen molar-refractivity contribution < 1.29 is 0 Å². The van der Waals surface area contributed by atoms with E-state index in [2.05, 4.69) is 38.1 Å². The first-order chi connectivity index (χ1) is 8.83. The lowest BCUT2D eigenvalue weighted by molar-refractivity contribution is 0.586. The largest absolute Gasteiger partial charge is 0.126 e. The predicted molar refractivity (Wildman–Crippen MR) is 84.5 cm³/mol. The van der Waals surface area contributed by atoms with Crippen LogP contribution in [0.1, 0.15) is 63.9 Å². The molecule has 0 spiro atoms. The Labute approximate surface area is 118 Å². The maximum absolute atomic E-state index is 2.28. The van der Waals surface area contributed by atoms with Crippen molar-refractivity contribution >= 4 is 11.8 Å². The third-order valence-electron chi connectivity index (χ3n) is 3.29. The van der Waals surface area contributed by atoms with Crippen LogP contribution in [-0.2, 0) is 0 Å². The van der Waals surface area contributed by atoms with Crippen molar-refractivity contribution in [2.24, 2.45) is 0 Å². The van der Waals surface area contributed by atoms with Crippen LogP contribution in [0.5, 0.6) is 0 Å². The first-order valence-corrected chi connectivity index (χ1v) is 8.51. The van der Waals surface area contributed by atoms with Gasteiger partial charge >= 0.3 is 0 Å². The zero-order valence-corrected chi connectivity index (χ0v) is 12.9. The fraction of sp³-hybridized carbons (Fsp3) is 0.647. The second-order valence-electron chi connectivity index (χ2n) is 5.14. The summed E-state index contributed by atoms with van der Waals surface area (Å²) in [6.45, 7) is 4.43. The fourth-order valence-electron chi connectivity index (χ4n) is 2.06. The number of thioether (sulfide) groups is 1. The number of hydrogen-bond donors (Lipinski definition) is 0. The molecule has 0 saturated heterocycles. The molecule has 1 aromatic rings. The maximum atomic E-state index is 2.28. The highest BCUT2D eigenvalue weighted by atomic mass is 32.2. The second kappa shape index (κ2) is 10.5. The molecule has 0 saturated carbocycles. The first kappa shape index (κ1) is 15.6. The number of rotatable bonds is 10. The fourth-order valence-corrected chi connectivity index (χ4v) is 2.97. The highest BCUT2D eigenvalue weighted by Gasteiger charge is 1.95. The van der Waals surface area contributed by atoms with Gasteiger partial charge in [-0.3, -0.25) is 0 Å². The molecule has 0 unspecified atom stereocenters. The van der Waals surface area contributed by atoms with Crippen LogP contribution >= 0.6 is 11.8 Å². The van der Waals surface area contributed by atoms with Crippen LogP contribution < -0.4 is 0 Å². The van der Waals surface area contributed by atoms with Crippen molar-refractivity contribution in [2.45, 2.75) is 70.1 Å². The smallest absolute Gasteiger partial charge is 0.00721 e. The summed E-state index contributed by atoms with van der Waals surface area (Å²) in [4.78, 5) is 1.42. The molecular formula is C17H28S. The standard InChI is InChI=1S/C17H28S/c1-3-4-5-6-7-8-9-10-15-18-17-13-11-16(2)12-14-17/h11-14H,3-10,15H2,1-2H3. The average Bonchev–Trinajstić information content (AvgIpc) is 2.39. The Bertz CT molecular complexity index is 289. The van der Waals surface area contributed by atoms with Gasteiger partial charge in [-0.05, 0) is 31.2 Å². The van der Waals surface area contributed by atoms with E-state index in [0.29, 0.717) is 0 Å². The zero-order chi connectivity index (χ0) is 13.1. The van der Waals surface area contributed by atoms with Gasteiger partial charge in [0.25, 0.3) is 0 Å². The maximum Gasteiger partial charge on any atom is 0.00721 e. The quantitative estimate of drug-likeness (QED) is 0.356. The molecule has 0 atom stereocenters. The van der Waals surface area contributed by atoms with E-state index in [1.165, 1.54) is 67.6 Å². The second-order valence-corrected chi connectivity index (χ2v) is 6.30. The molecule has 0 nitrogen and oxygen atoms in total. The molecule has 1 rings (SSSR count). The lowest BCUT2D eigenvalue weighted by Crippen LogP contribution is -1.83. The molecule has 0 heterocycles. The van der Waals surface area contributed by atoms with E-state index >= 15 is 0 Å². The summed E-state index contributed by atoms with van der Waals surface area (Å²) < 4.78 is 0. The number of aryl methyl sites for hydroxylation is 1. The SMILES string of the molecule is CCCCCCCCCCSc1ccc(C)cc1. The molecule has 102 valence electrons. The van der Waals surface area contributed by atoms with Crippen LogP contribution in [0, 0.1) is 6.92 Å². The molecule has 1 heteroatoms. The minimum absolute atomic E-state index is 1.28. The van der Waals surface area contributed by atoms with Gasteiger partial charge in [-0.2, -0.15) is 0 Å². The Morgan fingerprint density at radius 2 is 1.33 bits per heavy atom. The van der Waals surface area contributed by atoms with Gasteiger partial charge in [0, 0.05) is 4.90 Å². The Morgan fingerprint density at radius 3 is 1.94 bits per heavy atom. The number of benzene rings is 1. The highest BCUT2D eigenvalue weighted by Crippen LogP contribution is 2.20. The molecule has 0 radical (unpaired) electrons. The van der Waals surface area contributed by atoms with Crippen LogP contribution in [-0.4, -0.2) is 5.75 Å². The molecule has 0 aromatic heterocycles. The predicted octanol–water partition coefficient (Wildman–Crippen LogP) is 6.23. The minimum Gasteiger partial charge on any atom is -0.126 e. The van der Waals surface area contributed by atoms with Gasteiger partial charge in [0.1, 0.15) is 0 Å². The Morgan fingerprint density at radius 1 is 0.778 bits per heavy atom. The van der Waals surface area contributed by atoms with Crippen molar-refractivity contribution in [3.8, 4) is 0 Å². The van der Waals surface area contributed by atoms with Gasteiger partial charge in [0.05, 0.1) is 0 Å². The van der Waals surface area contributed by atoms with Crippen LogP contribution in [0.4, 0.5) is 0 Å². The van der Waals surface area contributed by atoms with E-state index in [-0.39, 0.29) is 0 Å². The minimum atomic E-state index is 1.28. The normalized spacial score (nSPS) is 10.8. The van der Waals surface area contributed by atoms with Gasteiger partial charge in [0.15, 0.2) is 0 Å². The lowest BCUT2D eigenvalue weighted by Gasteiger charge is -2.03. The van der Waals surface area contributed by atoms with Gasteiger partial charge < -0.3 is 0 Å². The molecule has 0 aliphatic rings. The molecular weight excluding hydrogens is 236 g/mol. The van der Waals surface area contributed by atoms with Crippen molar-refractivity contribution in [3.05, 3.63) is 29.8 Å². The third kappa shape index (κ3) is 7.81. The first-order valence-electron chi connectivity index (χ1n) is 7.52. The van der Waals surface area contributed by atoms with Crippen LogP contribution in [0.15, 0.2) is 29.2 Å². The van der Waals surface area contributed by atoms with Gasteiger partial charge in [-0.1, -0.05) is 69.6 Å². The highest BCUT2D eigenvalue weighted by molar-refractivity contribution is 7.99. The molecule has 0 fully saturated rings. The summed E-state index contributed by atoms with van der Waals surface area (Å²) in [5.41, 5.74) is 1.35. The van der Waals surface area contributed by atoms with E-state index in [0.717, 1.165) is 0 Å². The lowest BCUT2D eigenvalue weighted by atomic mass is 10.1. The Balaban J connectivity index is 1.91. The van der Waals surface area contributed by atoms with E-state index in [1.54, 1.807) is 0 Å². The molecule has 1 aromatic carbocycles. The van der Waals surface area contributed by atoms with Crippen LogP contribution in [0.25, 0.3) is 0 Å². The Hall–Kier alpha value is -0.430. The van der Waals surface area contributed by atoms with E-state index in [4.69, 9.17) is 0 Å². The summed E-state index contributed by atoms with van der Waals surface area (Å²) in [7, 11) is 0. The number of hydrogen-bond acceptors (Lipinski definition) is 1. The van der Waals surface area contributed by atoms with Gasteiger partial charge in [0.2, 0.25) is 0 Å². The zero-order valence-electron chi connectivity index (χ0n) is 12.1. The van der Waals surface area contributed by atoms with Crippen LogP contribution in [0.3, 0.4) is 0 Å². The van der Waals surface area contributed by atoms with E-state index in [1.807, 2.05) is 11.8 Å². The molecule has 18 heavy (non-hydrogen) atoms. The molecule has 0 amide bonds. The average molecular weight is 264 g/mol. The molecule has 0 N–H and O–H groups in total. The molecule has 0 aliphatic heterocycles. The van der Waals surface area contributed by atoms with Crippen LogP contribution in [0.2, 0.25) is 0 Å². The summed E-state index contributed by atoms with van der Waals surface area (Å²) in [5, 5.41) is 0. The van der Waals surface area contributed by atoms with Crippen molar-refractivity contribution in [3.63, 3.8) is 0 Å². The van der Waals surface area contributed by atoms with Gasteiger partial charge in [-0.25, -0.2) is 0 Å². The van der Waals surface area contributed by atoms with E-state index < -0.39 is 0 Å². The molecule has 0 aliphatic carbocycles. The monoisotopic (exact) mass is 264 g/mol. The van der Waals surface area contributed by atoms with Gasteiger partial charge in [-0.15, -0.1) is 11.8 Å². The third-order valence-corrected chi connectivity index (χ3v) is 4.39. The number of unbranched alkanes of at least 4 members (excludes halogenated alkanes) is 7.